The van der Waals surface area contributed by atoms with Crippen LogP contribution in [-0.4, -0.2) is 28.2 Å². The van der Waals surface area contributed by atoms with Crippen molar-refractivity contribution in [2.75, 3.05) is 38.0 Å². The summed E-state index contributed by atoms with van der Waals surface area (Å²) in [5, 5.41) is 0. The number of hydrogen-bond acceptors (Lipinski definition) is 2. The molecule has 0 N–H and O–H groups in total. The molecule has 0 bridgehead atoms. The molecule has 3 aromatic rings. The molecule has 0 radical (unpaired) electrons. The first kappa shape index (κ1) is 22.4. The molecule has 0 aliphatic rings. The smallest absolute Gasteiger partial charge is 0.0361 e. The van der Waals surface area contributed by atoms with Gasteiger partial charge < -0.3 is 9.80 Å². The molecule has 31 heavy (non-hydrogen) atoms. The first-order valence-electron chi connectivity index (χ1n) is 10.8. The van der Waals surface area contributed by atoms with Gasteiger partial charge in [-0.15, -0.1) is 6.58 Å². The van der Waals surface area contributed by atoms with Crippen LogP contribution in [0, 0.1) is 0 Å². The van der Waals surface area contributed by atoms with Gasteiger partial charge in [-0.1, -0.05) is 66.2 Å². The van der Waals surface area contributed by atoms with Gasteiger partial charge >= 0.3 is 0 Å². The molecule has 0 aliphatic carbocycles. The van der Waals surface area contributed by atoms with Gasteiger partial charge in [-0.05, 0) is 59.9 Å². The van der Waals surface area contributed by atoms with Crippen molar-refractivity contribution in [3.05, 3.63) is 114 Å². The molecule has 160 valence electrons. The highest BCUT2D eigenvalue weighted by Gasteiger charge is 2.14. The molecule has 0 aromatic heterocycles. The molecule has 3 rings (SSSR count). The number of allylic oxidation sites excluding steroid dienone is 2. The number of hydrogen-bond donors (Lipinski definition) is 0. The van der Waals surface area contributed by atoms with Gasteiger partial charge in [0.15, 0.2) is 0 Å². The zero-order valence-corrected chi connectivity index (χ0v) is 19.5. The van der Waals surface area contributed by atoms with Crippen molar-refractivity contribution in [2.45, 2.75) is 19.3 Å². The third-order valence-electron chi connectivity index (χ3n) is 5.55. The third-order valence-corrected chi connectivity index (χ3v) is 5.55. The minimum Gasteiger partial charge on any atom is -0.378 e. The van der Waals surface area contributed by atoms with Crippen molar-refractivity contribution in [1.82, 2.24) is 0 Å². The number of benzene rings is 3. The Bertz CT molecular complexity index is 957. The van der Waals surface area contributed by atoms with Crippen molar-refractivity contribution >= 4 is 16.9 Å². The molecule has 0 amide bonds. The average Bonchev–Trinajstić information content (AvgIpc) is 2.77. The van der Waals surface area contributed by atoms with Crippen molar-refractivity contribution in [3.8, 4) is 0 Å². The maximum atomic E-state index is 4.19. The van der Waals surface area contributed by atoms with E-state index in [9.17, 15) is 0 Å². The summed E-state index contributed by atoms with van der Waals surface area (Å²) in [6, 6.07) is 28.4. The normalized spacial score (nSPS) is 11.5. The lowest BCUT2D eigenvalue weighted by molar-refractivity contribution is 0.829. The summed E-state index contributed by atoms with van der Waals surface area (Å²) in [4.78, 5) is 4.26. The van der Waals surface area contributed by atoms with E-state index in [-0.39, 0.29) is 5.92 Å². The van der Waals surface area contributed by atoms with Crippen LogP contribution in [-0.2, 0) is 0 Å². The Balaban J connectivity index is 2.11. The third kappa shape index (κ3) is 5.88. The van der Waals surface area contributed by atoms with E-state index in [0.29, 0.717) is 0 Å². The van der Waals surface area contributed by atoms with Gasteiger partial charge in [0.25, 0.3) is 0 Å². The Morgan fingerprint density at radius 1 is 0.742 bits per heavy atom. The topological polar surface area (TPSA) is 6.48 Å². The molecule has 3 aromatic carbocycles. The summed E-state index contributed by atoms with van der Waals surface area (Å²) >= 11 is 0. The van der Waals surface area contributed by atoms with Crippen LogP contribution >= 0.6 is 0 Å². The van der Waals surface area contributed by atoms with Crippen LogP contribution in [0.4, 0.5) is 11.4 Å². The van der Waals surface area contributed by atoms with Gasteiger partial charge in [0.1, 0.15) is 0 Å². The van der Waals surface area contributed by atoms with Crippen molar-refractivity contribution in [2.24, 2.45) is 0 Å². The molecule has 1 atom stereocenters. The zero-order chi connectivity index (χ0) is 22.4. The first-order chi connectivity index (χ1) is 14.8. The monoisotopic (exact) mass is 410 g/mol. The Labute approximate surface area is 188 Å². The number of rotatable bonds is 8. The summed E-state index contributed by atoms with van der Waals surface area (Å²) < 4.78 is 0. The van der Waals surface area contributed by atoms with Gasteiger partial charge in [0.05, 0.1) is 0 Å². The van der Waals surface area contributed by atoms with E-state index in [1.807, 2.05) is 0 Å². The summed E-state index contributed by atoms with van der Waals surface area (Å²) in [7, 11) is 8.29. The van der Waals surface area contributed by atoms with Crippen LogP contribution < -0.4 is 9.80 Å². The van der Waals surface area contributed by atoms with E-state index in [2.05, 4.69) is 136 Å². The standard InChI is InChI=1S/C29H34N2/c1-22(2)20-26(23-10-8-7-9-11-23)21-29(24-12-16-27(17-13-24)30(3)4)25-14-18-28(19-15-25)31(5)6/h7-19,21,26H,1,20H2,2-6H3. The largest absolute Gasteiger partial charge is 0.378 e. The second-order valence-corrected chi connectivity index (χ2v) is 8.64. The van der Waals surface area contributed by atoms with E-state index < -0.39 is 0 Å². The van der Waals surface area contributed by atoms with Crippen molar-refractivity contribution < 1.29 is 0 Å². The lowest BCUT2D eigenvalue weighted by Gasteiger charge is -2.19. The molecule has 2 nitrogen and oxygen atoms in total. The highest BCUT2D eigenvalue weighted by Crippen LogP contribution is 2.33. The molecule has 0 saturated carbocycles. The number of nitrogens with zero attached hydrogens (tertiary/aromatic N) is 2. The molecule has 0 heterocycles. The predicted molar refractivity (Wildman–Crippen MR) is 137 cm³/mol. The average molecular weight is 411 g/mol. The fourth-order valence-corrected chi connectivity index (χ4v) is 3.79. The minimum absolute atomic E-state index is 0.274. The summed E-state index contributed by atoms with van der Waals surface area (Å²) in [6.45, 7) is 6.31. The quantitative estimate of drug-likeness (QED) is 0.369. The van der Waals surface area contributed by atoms with Crippen LogP contribution in [0.1, 0.15) is 36.0 Å². The Morgan fingerprint density at radius 2 is 1.19 bits per heavy atom. The summed E-state index contributed by atoms with van der Waals surface area (Å²) in [6.07, 6.45) is 3.35. The van der Waals surface area contributed by atoms with E-state index >= 15 is 0 Å². The highest BCUT2D eigenvalue weighted by atomic mass is 15.1. The minimum atomic E-state index is 0.274. The molecular formula is C29H34N2. The fourth-order valence-electron chi connectivity index (χ4n) is 3.79. The van der Waals surface area contributed by atoms with E-state index in [1.54, 1.807) is 0 Å². The SMILES string of the molecule is C=C(C)CC(C=C(c1ccc(N(C)C)cc1)c1ccc(N(C)C)cc1)c1ccccc1. The van der Waals surface area contributed by atoms with Crippen molar-refractivity contribution in [3.63, 3.8) is 0 Å². The lowest BCUT2D eigenvalue weighted by atomic mass is 9.87. The molecule has 1 unspecified atom stereocenters. The Kier molecular flexibility index (Phi) is 7.36. The van der Waals surface area contributed by atoms with Crippen molar-refractivity contribution in [1.29, 1.82) is 0 Å². The van der Waals surface area contributed by atoms with Gasteiger partial charge in [-0.3, -0.25) is 0 Å². The van der Waals surface area contributed by atoms with Crippen LogP contribution in [0.25, 0.3) is 5.57 Å². The second-order valence-electron chi connectivity index (χ2n) is 8.64. The molecule has 0 saturated heterocycles. The van der Waals surface area contributed by atoms with Gasteiger partial charge in [-0.2, -0.15) is 0 Å². The first-order valence-corrected chi connectivity index (χ1v) is 10.8. The summed E-state index contributed by atoms with van der Waals surface area (Å²) in [5.41, 5.74) is 8.62. The zero-order valence-electron chi connectivity index (χ0n) is 19.5. The molecule has 0 spiro atoms. The maximum Gasteiger partial charge on any atom is 0.0361 e. The Morgan fingerprint density at radius 3 is 1.58 bits per heavy atom. The van der Waals surface area contributed by atoms with Crippen LogP contribution in [0.15, 0.2) is 97.1 Å². The van der Waals surface area contributed by atoms with Crippen LogP contribution in [0.2, 0.25) is 0 Å². The second kappa shape index (κ2) is 10.2. The highest BCUT2D eigenvalue weighted by molar-refractivity contribution is 5.81. The van der Waals surface area contributed by atoms with Gasteiger partial charge in [0.2, 0.25) is 0 Å². The van der Waals surface area contributed by atoms with Gasteiger partial charge in [-0.25, -0.2) is 0 Å². The van der Waals surface area contributed by atoms with Gasteiger partial charge in [0, 0.05) is 45.5 Å². The van der Waals surface area contributed by atoms with Crippen LogP contribution in [0.3, 0.4) is 0 Å². The molecule has 0 aliphatic heterocycles. The lowest BCUT2D eigenvalue weighted by Crippen LogP contribution is -2.08. The Hall–Kier alpha value is -3.26. The number of anilines is 2. The fraction of sp³-hybridized carbons (Fsp3) is 0.241. The van der Waals surface area contributed by atoms with E-state index in [1.165, 1.54) is 39.2 Å². The summed E-state index contributed by atoms with van der Waals surface area (Å²) in [5.74, 6) is 0.274. The molecule has 2 heteroatoms. The van der Waals surface area contributed by atoms with E-state index in [4.69, 9.17) is 0 Å². The maximum absolute atomic E-state index is 4.19. The molecular weight excluding hydrogens is 376 g/mol. The predicted octanol–water partition coefficient (Wildman–Crippen LogP) is 7.00. The molecule has 0 fully saturated rings. The van der Waals surface area contributed by atoms with E-state index in [0.717, 1.165) is 6.42 Å². The van der Waals surface area contributed by atoms with Crippen LogP contribution in [0.5, 0.6) is 0 Å².